The summed E-state index contributed by atoms with van der Waals surface area (Å²) in [4.78, 5) is 13.5. The van der Waals surface area contributed by atoms with E-state index < -0.39 is 0 Å². The minimum Gasteiger partial charge on any atom is -0.482 e. The lowest BCUT2D eigenvalue weighted by Gasteiger charge is -2.32. The molecule has 0 aromatic heterocycles. The third-order valence-corrected chi connectivity index (χ3v) is 3.35. The van der Waals surface area contributed by atoms with Crippen LogP contribution in [-0.2, 0) is 4.79 Å². The number of rotatable bonds is 4. The van der Waals surface area contributed by atoms with Crippen LogP contribution in [0.2, 0.25) is 0 Å². The molecule has 5 heteroatoms. The lowest BCUT2D eigenvalue weighted by atomic mass is 10.1. The Labute approximate surface area is 113 Å². The van der Waals surface area contributed by atoms with E-state index in [0.717, 1.165) is 23.7 Å². The van der Waals surface area contributed by atoms with Gasteiger partial charge in [-0.05, 0) is 39.1 Å². The Bertz CT molecular complexity index is 486. The van der Waals surface area contributed by atoms with E-state index in [-0.39, 0.29) is 18.1 Å². The Balaban J connectivity index is 2.17. The van der Waals surface area contributed by atoms with Gasteiger partial charge >= 0.3 is 0 Å². The third kappa shape index (κ3) is 3.17. The van der Waals surface area contributed by atoms with Gasteiger partial charge in [-0.25, -0.2) is 0 Å². The van der Waals surface area contributed by atoms with Crippen molar-refractivity contribution < 1.29 is 9.53 Å². The van der Waals surface area contributed by atoms with Crippen LogP contribution in [0.25, 0.3) is 0 Å². The van der Waals surface area contributed by atoms with Gasteiger partial charge in [0.25, 0.3) is 5.91 Å². The number of hydrogen-bond acceptors (Lipinski definition) is 4. The van der Waals surface area contributed by atoms with Crippen LogP contribution in [0.1, 0.15) is 13.8 Å². The molecule has 2 rings (SSSR count). The van der Waals surface area contributed by atoms with E-state index in [2.05, 4.69) is 29.4 Å². The number of nitrogens with one attached hydrogen (secondary N) is 2. The number of likely N-dealkylation sites (N-methyl/N-ethyl adjacent to an activating group) is 2. The van der Waals surface area contributed by atoms with Gasteiger partial charge in [0, 0.05) is 24.8 Å². The normalized spacial score (nSPS) is 14.4. The minimum atomic E-state index is -0.108. The first-order chi connectivity index (χ1) is 8.91. The summed E-state index contributed by atoms with van der Waals surface area (Å²) in [5.74, 6) is 0.618. The van der Waals surface area contributed by atoms with Gasteiger partial charge in [-0.2, -0.15) is 0 Å². The Morgan fingerprint density at radius 3 is 2.89 bits per heavy atom. The second-order valence-electron chi connectivity index (χ2n) is 5.51. The van der Waals surface area contributed by atoms with Gasteiger partial charge in [-0.1, -0.05) is 0 Å². The average molecular weight is 263 g/mol. The number of benzene rings is 1. The highest BCUT2D eigenvalue weighted by Crippen LogP contribution is 2.31. The van der Waals surface area contributed by atoms with Crippen molar-refractivity contribution in [2.75, 3.05) is 37.5 Å². The first kappa shape index (κ1) is 13.7. The fourth-order valence-electron chi connectivity index (χ4n) is 2.07. The van der Waals surface area contributed by atoms with E-state index in [9.17, 15) is 4.79 Å². The van der Waals surface area contributed by atoms with Gasteiger partial charge in [0.05, 0.1) is 5.69 Å². The van der Waals surface area contributed by atoms with Crippen LogP contribution in [-0.4, -0.2) is 38.7 Å². The highest BCUT2D eigenvalue weighted by molar-refractivity contribution is 5.96. The van der Waals surface area contributed by atoms with Gasteiger partial charge in [-0.3, -0.25) is 4.79 Å². The topological polar surface area (TPSA) is 53.6 Å². The van der Waals surface area contributed by atoms with Crippen molar-refractivity contribution in [3.05, 3.63) is 18.2 Å². The molecule has 1 heterocycles. The van der Waals surface area contributed by atoms with E-state index in [1.807, 2.05) is 32.3 Å². The summed E-state index contributed by atoms with van der Waals surface area (Å²) in [6.45, 7) is 5.24. The molecule has 1 amide bonds. The van der Waals surface area contributed by atoms with Gasteiger partial charge in [0.15, 0.2) is 6.61 Å². The van der Waals surface area contributed by atoms with E-state index in [4.69, 9.17) is 4.74 Å². The van der Waals surface area contributed by atoms with Crippen molar-refractivity contribution in [2.24, 2.45) is 0 Å². The summed E-state index contributed by atoms with van der Waals surface area (Å²) < 4.78 is 5.35. The molecule has 5 nitrogen and oxygen atoms in total. The van der Waals surface area contributed by atoms with E-state index in [0.29, 0.717) is 0 Å². The second kappa shape index (κ2) is 5.09. The molecule has 0 atom stereocenters. The zero-order valence-corrected chi connectivity index (χ0v) is 11.9. The number of hydrogen-bond donors (Lipinski definition) is 2. The maximum Gasteiger partial charge on any atom is 0.262 e. The number of ether oxygens (including phenoxy) is 1. The molecule has 19 heavy (non-hydrogen) atoms. The molecule has 0 radical (unpaired) electrons. The molecule has 0 unspecified atom stereocenters. The molecule has 0 spiro atoms. The lowest BCUT2D eigenvalue weighted by Crippen LogP contribution is -2.46. The molecule has 0 bridgehead atoms. The van der Waals surface area contributed by atoms with Crippen LogP contribution in [0.5, 0.6) is 5.75 Å². The fourth-order valence-corrected chi connectivity index (χ4v) is 2.07. The average Bonchev–Trinajstić information content (AvgIpc) is 2.37. The van der Waals surface area contributed by atoms with Gasteiger partial charge in [-0.15, -0.1) is 0 Å². The molecule has 1 aromatic rings. The molecular formula is C14H21N3O2. The van der Waals surface area contributed by atoms with Crippen LogP contribution < -0.4 is 20.3 Å². The van der Waals surface area contributed by atoms with Crippen LogP contribution in [0.15, 0.2) is 18.2 Å². The van der Waals surface area contributed by atoms with E-state index >= 15 is 0 Å². The molecule has 2 N–H and O–H groups in total. The predicted molar refractivity (Wildman–Crippen MR) is 77.0 cm³/mol. The van der Waals surface area contributed by atoms with Crippen molar-refractivity contribution in [1.29, 1.82) is 0 Å². The number of nitrogens with zero attached hydrogens (tertiary/aromatic N) is 1. The zero-order valence-electron chi connectivity index (χ0n) is 11.9. The van der Waals surface area contributed by atoms with Crippen molar-refractivity contribution in [3.8, 4) is 5.75 Å². The fraction of sp³-hybridized carbons (Fsp3) is 0.500. The first-order valence-electron chi connectivity index (χ1n) is 6.38. The Morgan fingerprint density at radius 2 is 2.21 bits per heavy atom. The predicted octanol–water partition coefficient (Wildman–Crippen LogP) is 1.45. The van der Waals surface area contributed by atoms with Crippen molar-refractivity contribution in [1.82, 2.24) is 5.32 Å². The maximum atomic E-state index is 11.3. The van der Waals surface area contributed by atoms with E-state index in [1.165, 1.54) is 0 Å². The minimum absolute atomic E-state index is 0.0183. The molecular weight excluding hydrogens is 242 g/mol. The molecule has 0 fully saturated rings. The molecule has 1 aliphatic rings. The standard InChI is InChI=1S/C14H21N3O2/c1-14(2,15-3)9-17(4)10-5-6-12-11(7-10)16-13(18)8-19-12/h5-7,15H,8-9H2,1-4H3,(H,16,18). The van der Waals surface area contributed by atoms with Crippen LogP contribution in [0.3, 0.4) is 0 Å². The smallest absolute Gasteiger partial charge is 0.262 e. The quantitative estimate of drug-likeness (QED) is 0.863. The summed E-state index contributed by atoms with van der Waals surface area (Å²) in [7, 11) is 3.99. The highest BCUT2D eigenvalue weighted by Gasteiger charge is 2.20. The summed E-state index contributed by atoms with van der Waals surface area (Å²) in [6.07, 6.45) is 0. The van der Waals surface area contributed by atoms with Gasteiger partial charge < -0.3 is 20.3 Å². The molecule has 1 aliphatic heterocycles. The second-order valence-corrected chi connectivity index (χ2v) is 5.51. The molecule has 1 aromatic carbocycles. The zero-order chi connectivity index (χ0) is 14.0. The number of carbonyl (C=O) groups excluding carboxylic acids is 1. The van der Waals surface area contributed by atoms with Crippen LogP contribution in [0.4, 0.5) is 11.4 Å². The summed E-state index contributed by atoms with van der Waals surface area (Å²) >= 11 is 0. The maximum absolute atomic E-state index is 11.3. The molecule has 104 valence electrons. The number of amides is 1. The molecule has 0 saturated heterocycles. The Morgan fingerprint density at radius 1 is 1.47 bits per heavy atom. The summed E-state index contributed by atoms with van der Waals surface area (Å²) in [6, 6.07) is 5.84. The molecule has 0 aliphatic carbocycles. The Hall–Kier alpha value is -1.75. The van der Waals surface area contributed by atoms with Crippen molar-refractivity contribution in [2.45, 2.75) is 19.4 Å². The largest absolute Gasteiger partial charge is 0.482 e. The SMILES string of the molecule is CNC(C)(C)CN(C)c1ccc2c(c1)NC(=O)CO2. The van der Waals surface area contributed by atoms with E-state index in [1.54, 1.807) is 0 Å². The summed E-state index contributed by atoms with van der Waals surface area (Å²) in [5, 5.41) is 6.10. The number of fused-ring (bicyclic) bond motifs is 1. The number of carbonyl (C=O) groups is 1. The van der Waals surface area contributed by atoms with Crippen LogP contribution >= 0.6 is 0 Å². The number of anilines is 2. The van der Waals surface area contributed by atoms with Gasteiger partial charge in [0.1, 0.15) is 5.75 Å². The summed E-state index contributed by atoms with van der Waals surface area (Å²) in [5.41, 5.74) is 1.81. The first-order valence-corrected chi connectivity index (χ1v) is 6.38. The lowest BCUT2D eigenvalue weighted by molar-refractivity contribution is -0.118. The molecule has 0 saturated carbocycles. The third-order valence-electron chi connectivity index (χ3n) is 3.35. The van der Waals surface area contributed by atoms with Crippen LogP contribution in [0, 0.1) is 0 Å². The Kier molecular flexibility index (Phi) is 3.66. The van der Waals surface area contributed by atoms with Crippen molar-refractivity contribution >= 4 is 17.3 Å². The van der Waals surface area contributed by atoms with Crippen molar-refractivity contribution in [3.63, 3.8) is 0 Å². The monoisotopic (exact) mass is 263 g/mol. The highest BCUT2D eigenvalue weighted by atomic mass is 16.5. The van der Waals surface area contributed by atoms with Gasteiger partial charge in [0.2, 0.25) is 0 Å².